The lowest BCUT2D eigenvalue weighted by atomic mass is 10.1. The highest BCUT2D eigenvalue weighted by Gasteiger charge is 2.11. The van der Waals surface area contributed by atoms with Crippen LogP contribution in [0.2, 0.25) is 0 Å². The van der Waals surface area contributed by atoms with Crippen LogP contribution >= 0.6 is 11.3 Å². The van der Waals surface area contributed by atoms with Gasteiger partial charge < -0.3 is 5.32 Å². The van der Waals surface area contributed by atoms with Crippen LogP contribution in [0.15, 0.2) is 30.0 Å². The van der Waals surface area contributed by atoms with Gasteiger partial charge in [0.15, 0.2) is 0 Å². The lowest BCUT2D eigenvalue weighted by Crippen LogP contribution is -2.07. The Balaban J connectivity index is 1.81. The number of rotatable bonds is 4. The summed E-state index contributed by atoms with van der Waals surface area (Å²) in [5.74, 6) is 0. The number of hydrogen-bond acceptors (Lipinski definition) is 6. The lowest BCUT2D eigenvalue weighted by molar-refractivity contribution is 0.785. The topological polar surface area (TPSA) is 68.5 Å². The summed E-state index contributed by atoms with van der Waals surface area (Å²) in [6, 6.07) is 6.39. The van der Waals surface area contributed by atoms with Gasteiger partial charge in [-0.05, 0) is 55.0 Å². The number of nitrogens with one attached hydrogen (secondary N) is 1. The van der Waals surface area contributed by atoms with E-state index < -0.39 is 0 Å². The van der Waals surface area contributed by atoms with E-state index >= 15 is 0 Å². The number of hydrogen-bond donors (Lipinski definition) is 1. The van der Waals surface area contributed by atoms with Crippen molar-refractivity contribution in [2.24, 2.45) is 0 Å². The third-order valence-electron chi connectivity index (χ3n) is 3.35. The van der Waals surface area contributed by atoms with Crippen LogP contribution in [0.1, 0.15) is 29.1 Å². The maximum Gasteiger partial charge on any atom is 0.143 e. The summed E-state index contributed by atoms with van der Waals surface area (Å²) in [7, 11) is 0. The molecule has 0 aliphatic rings. The predicted molar refractivity (Wildman–Crippen MR) is 82.8 cm³/mol. The van der Waals surface area contributed by atoms with Crippen molar-refractivity contribution in [2.45, 2.75) is 26.8 Å². The number of tetrazole rings is 1. The smallest absolute Gasteiger partial charge is 0.143 e. The van der Waals surface area contributed by atoms with Gasteiger partial charge in [-0.2, -0.15) is 0 Å². The molecule has 2 aromatic heterocycles. The third-order valence-corrected chi connectivity index (χ3v) is 4.47. The van der Waals surface area contributed by atoms with Crippen molar-refractivity contribution in [1.82, 2.24) is 25.2 Å². The van der Waals surface area contributed by atoms with E-state index in [1.165, 1.54) is 4.88 Å². The average molecular weight is 300 g/mol. The van der Waals surface area contributed by atoms with E-state index in [9.17, 15) is 0 Å². The third kappa shape index (κ3) is 2.78. The van der Waals surface area contributed by atoms with Gasteiger partial charge in [-0.15, -0.1) is 16.4 Å². The van der Waals surface area contributed by atoms with Crippen LogP contribution in [0.25, 0.3) is 5.69 Å². The van der Waals surface area contributed by atoms with Crippen molar-refractivity contribution in [3.63, 3.8) is 0 Å². The molecule has 0 fully saturated rings. The van der Waals surface area contributed by atoms with Gasteiger partial charge in [0.25, 0.3) is 0 Å². The molecule has 0 bridgehead atoms. The number of thiazole rings is 1. The summed E-state index contributed by atoms with van der Waals surface area (Å²) in [5.41, 5.74) is 6.13. The van der Waals surface area contributed by atoms with Gasteiger partial charge in [0.05, 0.1) is 22.9 Å². The Morgan fingerprint density at radius 3 is 2.76 bits per heavy atom. The van der Waals surface area contributed by atoms with Crippen molar-refractivity contribution in [3.8, 4) is 5.69 Å². The molecule has 21 heavy (non-hydrogen) atoms. The van der Waals surface area contributed by atoms with Gasteiger partial charge in [0.2, 0.25) is 0 Å². The van der Waals surface area contributed by atoms with E-state index in [0.717, 1.165) is 22.6 Å². The van der Waals surface area contributed by atoms with Crippen molar-refractivity contribution < 1.29 is 0 Å². The standard InChI is InChI=1S/C14H16N6S/c1-9-6-12(4-5-13(9)20-7-16-18-19-20)17-11(3)14-10(2)15-8-21-14/h4-8,11,17H,1-3H3. The predicted octanol–water partition coefficient (Wildman–Crippen LogP) is 2.91. The van der Waals surface area contributed by atoms with E-state index in [-0.39, 0.29) is 6.04 Å². The molecule has 0 amide bonds. The monoisotopic (exact) mass is 300 g/mol. The summed E-state index contributed by atoms with van der Waals surface area (Å²) in [4.78, 5) is 5.56. The Bertz CT molecular complexity index is 734. The fourth-order valence-electron chi connectivity index (χ4n) is 2.32. The van der Waals surface area contributed by atoms with Crippen LogP contribution in [0.5, 0.6) is 0 Å². The van der Waals surface area contributed by atoms with E-state index in [4.69, 9.17) is 0 Å². The second-order valence-electron chi connectivity index (χ2n) is 4.92. The first kappa shape index (κ1) is 13.7. The molecule has 3 aromatic rings. The maximum atomic E-state index is 4.30. The van der Waals surface area contributed by atoms with Gasteiger partial charge in [0.1, 0.15) is 6.33 Å². The summed E-state index contributed by atoms with van der Waals surface area (Å²) in [5, 5.41) is 14.8. The minimum Gasteiger partial charge on any atom is -0.378 e. The Morgan fingerprint density at radius 1 is 1.29 bits per heavy atom. The van der Waals surface area contributed by atoms with Gasteiger partial charge in [-0.1, -0.05) is 0 Å². The molecule has 1 aromatic carbocycles. The minimum absolute atomic E-state index is 0.232. The van der Waals surface area contributed by atoms with Crippen LogP contribution in [0.4, 0.5) is 5.69 Å². The number of nitrogens with zero attached hydrogens (tertiary/aromatic N) is 5. The van der Waals surface area contributed by atoms with Crippen molar-refractivity contribution in [2.75, 3.05) is 5.32 Å². The molecule has 108 valence electrons. The molecule has 6 nitrogen and oxygen atoms in total. The fraction of sp³-hybridized carbons (Fsp3) is 0.286. The number of benzene rings is 1. The fourth-order valence-corrected chi connectivity index (χ4v) is 3.13. The Labute approximate surface area is 126 Å². The SMILES string of the molecule is Cc1cc(NC(C)c2scnc2C)ccc1-n1cnnn1. The molecule has 0 spiro atoms. The minimum atomic E-state index is 0.232. The Kier molecular flexibility index (Phi) is 3.66. The van der Waals surface area contributed by atoms with Gasteiger partial charge >= 0.3 is 0 Å². The molecule has 2 heterocycles. The number of anilines is 1. The first-order valence-electron chi connectivity index (χ1n) is 6.65. The molecule has 0 aliphatic carbocycles. The zero-order chi connectivity index (χ0) is 14.8. The molecule has 1 N–H and O–H groups in total. The van der Waals surface area contributed by atoms with Gasteiger partial charge in [-0.25, -0.2) is 9.67 Å². The first-order valence-corrected chi connectivity index (χ1v) is 7.53. The van der Waals surface area contributed by atoms with Crippen LogP contribution in [-0.4, -0.2) is 25.2 Å². The van der Waals surface area contributed by atoms with Crippen LogP contribution < -0.4 is 5.32 Å². The van der Waals surface area contributed by atoms with E-state index in [1.807, 2.05) is 31.5 Å². The zero-order valence-electron chi connectivity index (χ0n) is 12.1. The Hall–Kier alpha value is -2.28. The van der Waals surface area contributed by atoms with Crippen LogP contribution in [0.3, 0.4) is 0 Å². The quantitative estimate of drug-likeness (QED) is 0.802. The Morgan fingerprint density at radius 2 is 2.14 bits per heavy atom. The van der Waals surface area contributed by atoms with E-state index in [2.05, 4.69) is 38.8 Å². The van der Waals surface area contributed by atoms with E-state index in [1.54, 1.807) is 22.3 Å². The highest BCUT2D eigenvalue weighted by Crippen LogP contribution is 2.26. The summed E-state index contributed by atoms with van der Waals surface area (Å²) >= 11 is 1.68. The largest absolute Gasteiger partial charge is 0.378 e. The molecule has 0 aliphatic heterocycles. The van der Waals surface area contributed by atoms with Gasteiger partial charge in [-0.3, -0.25) is 0 Å². The highest BCUT2D eigenvalue weighted by atomic mass is 32.1. The summed E-state index contributed by atoms with van der Waals surface area (Å²) in [6.07, 6.45) is 1.60. The van der Waals surface area contributed by atoms with Crippen LogP contribution in [0, 0.1) is 13.8 Å². The molecular weight excluding hydrogens is 284 g/mol. The molecule has 1 atom stereocenters. The molecule has 3 rings (SSSR count). The lowest BCUT2D eigenvalue weighted by Gasteiger charge is -2.16. The van der Waals surface area contributed by atoms with Crippen molar-refractivity contribution >= 4 is 17.0 Å². The van der Waals surface area contributed by atoms with Crippen molar-refractivity contribution in [1.29, 1.82) is 0 Å². The molecule has 0 saturated carbocycles. The van der Waals surface area contributed by atoms with Crippen molar-refractivity contribution in [3.05, 3.63) is 46.2 Å². The van der Waals surface area contributed by atoms with Crippen LogP contribution in [-0.2, 0) is 0 Å². The summed E-state index contributed by atoms with van der Waals surface area (Å²) in [6.45, 7) is 6.23. The molecular formula is C14H16N6S. The zero-order valence-corrected chi connectivity index (χ0v) is 12.9. The highest BCUT2D eigenvalue weighted by molar-refractivity contribution is 7.09. The summed E-state index contributed by atoms with van der Waals surface area (Å²) < 4.78 is 1.66. The maximum absolute atomic E-state index is 4.30. The van der Waals surface area contributed by atoms with Gasteiger partial charge in [0, 0.05) is 10.6 Å². The molecule has 0 saturated heterocycles. The number of aryl methyl sites for hydroxylation is 2. The second-order valence-corrected chi connectivity index (χ2v) is 5.81. The average Bonchev–Trinajstić information content (AvgIpc) is 3.10. The van der Waals surface area contributed by atoms with E-state index in [0.29, 0.717) is 0 Å². The normalized spacial score (nSPS) is 12.3. The number of aromatic nitrogens is 5. The second kappa shape index (κ2) is 5.61. The molecule has 1 unspecified atom stereocenters. The first-order chi connectivity index (χ1) is 10.1. The molecule has 0 radical (unpaired) electrons. The molecule has 7 heteroatoms.